The molecule has 0 heterocycles. The van der Waals surface area contributed by atoms with Crippen molar-refractivity contribution in [3.8, 4) is 5.75 Å². The van der Waals surface area contributed by atoms with Crippen LogP contribution >= 0.6 is 0 Å². The summed E-state index contributed by atoms with van der Waals surface area (Å²) in [6.07, 6.45) is -5.84. The van der Waals surface area contributed by atoms with Gasteiger partial charge in [-0.05, 0) is 30.5 Å². The van der Waals surface area contributed by atoms with E-state index >= 15 is 0 Å². The zero-order chi connectivity index (χ0) is 12.9. The van der Waals surface area contributed by atoms with E-state index in [0.29, 0.717) is 11.3 Å². The number of halogens is 3. The Kier molecular flexibility index (Phi) is 4.81. The van der Waals surface area contributed by atoms with Crippen LogP contribution in [0.1, 0.15) is 30.9 Å². The van der Waals surface area contributed by atoms with E-state index in [9.17, 15) is 18.3 Å². The zero-order valence-corrected chi connectivity index (χ0v) is 9.50. The molecule has 0 bridgehead atoms. The van der Waals surface area contributed by atoms with E-state index < -0.39 is 18.7 Å². The average molecular weight is 248 g/mol. The van der Waals surface area contributed by atoms with E-state index in [1.165, 1.54) is 7.11 Å². The van der Waals surface area contributed by atoms with Gasteiger partial charge in [-0.15, -0.1) is 0 Å². The van der Waals surface area contributed by atoms with Gasteiger partial charge in [0.2, 0.25) is 0 Å². The molecule has 0 aliphatic heterocycles. The highest BCUT2D eigenvalue weighted by molar-refractivity contribution is 5.28. The van der Waals surface area contributed by atoms with Gasteiger partial charge in [-0.2, -0.15) is 13.2 Å². The summed E-state index contributed by atoms with van der Waals surface area (Å²) in [6, 6.07) is 6.64. The normalized spacial score (nSPS) is 13.5. The molecule has 1 rings (SSSR count). The van der Waals surface area contributed by atoms with Crippen LogP contribution in [-0.2, 0) is 0 Å². The largest absolute Gasteiger partial charge is 0.497 e. The van der Waals surface area contributed by atoms with Crippen molar-refractivity contribution in [2.45, 2.75) is 31.5 Å². The minimum Gasteiger partial charge on any atom is -0.497 e. The summed E-state index contributed by atoms with van der Waals surface area (Å²) in [6.45, 7) is 0. The van der Waals surface area contributed by atoms with E-state index in [-0.39, 0.29) is 12.8 Å². The van der Waals surface area contributed by atoms with Crippen LogP contribution < -0.4 is 4.74 Å². The van der Waals surface area contributed by atoms with Gasteiger partial charge in [-0.25, -0.2) is 0 Å². The molecule has 2 nitrogen and oxygen atoms in total. The highest BCUT2D eigenvalue weighted by Crippen LogP contribution is 2.26. The van der Waals surface area contributed by atoms with Crippen LogP contribution in [0, 0.1) is 0 Å². The van der Waals surface area contributed by atoms with Crippen LogP contribution in [0.5, 0.6) is 5.75 Å². The number of aliphatic hydroxyl groups is 1. The highest BCUT2D eigenvalue weighted by atomic mass is 19.4. The van der Waals surface area contributed by atoms with E-state index in [4.69, 9.17) is 4.74 Å². The van der Waals surface area contributed by atoms with Gasteiger partial charge in [0.1, 0.15) is 5.75 Å². The van der Waals surface area contributed by atoms with Crippen LogP contribution in [-0.4, -0.2) is 18.4 Å². The molecule has 0 saturated carbocycles. The molecule has 1 N–H and O–H groups in total. The molecule has 17 heavy (non-hydrogen) atoms. The van der Waals surface area contributed by atoms with Crippen LogP contribution in [0.4, 0.5) is 13.2 Å². The molecule has 1 unspecified atom stereocenters. The second-order valence-corrected chi connectivity index (χ2v) is 3.80. The lowest BCUT2D eigenvalue weighted by Crippen LogP contribution is -2.08. The van der Waals surface area contributed by atoms with Gasteiger partial charge in [-0.1, -0.05) is 12.1 Å². The Labute approximate surface area is 98.0 Å². The Morgan fingerprint density at radius 1 is 1.24 bits per heavy atom. The van der Waals surface area contributed by atoms with E-state index in [2.05, 4.69) is 0 Å². The lowest BCUT2D eigenvalue weighted by Gasteiger charge is -2.12. The summed E-state index contributed by atoms with van der Waals surface area (Å²) >= 11 is 0. The van der Waals surface area contributed by atoms with Crippen LogP contribution in [0.3, 0.4) is 0 Å². The Bertz CT molecular complexity index is 333. The molecular weight excluding hydrogens is 233 g/mol. The van der Waals surface area contributed by atoms with Crippen molar-refractivity contribution in [3.05, 3.63) is 29.8 Å². The predicted octanol–water partition coefficient (Wildman–Crippen LogP) is 3.46. The molecular formula is C12H15F3O2. The van der Waals surface area contributed by atoms with Gasteiger partial charge in [0.25, 0.3) is 0 Å². The Balaban J connectivity index is 2.43. The Morgan fingerprint density at radius 3 is 2.29 bits per heavy atom. The summed E-state index contributed by atoms with van der Waals surface area (Å²) in [5.74, 6) is 0.649. The van der Waals surface area contributed by atoms with E-state index in [0.717, 1.165) is 0 Å². The van der Waals surface area contributed by atoms with Gasteiger partial charge in [0.15, 0.2) is 0 Å². The molecule has 1 atom stereocenters. The average Bonchev–Trinajstić information content (AvgIpc) is 2.27. The van der Waals surface area contributed by atoms with Gasteiger partial charge in [0, 0.05) is 6.42 Å². The van der Waals surface area contributed by atoms with Crippen LogP contribution in [0.15, 0.2) is 24.3 Å². The number of rotatable bonds is 5. The van der Waals surface area contributed by atoms with Gasteiger partial charge in [0.05, 0.1) is 13.2 Å². The number of alkyl halides is 3. The number of aliphatic hydroxyl groups excluding tert-OH is 1. The molecule has 5 heteroatoms. The first-order valence-corrected chi connectivity index (χ1v) is 5.31. The molecule has 0 saturated heterocycles. The third-order valence-corrected chi connectivity index (χ3v) is 2.44. The number of hydrogen-bond donors (Lipinski definition) is 1. The van der Waals surface area contributed by atoms with Gasteiger partial charge in [-0.3, -0.25) is 0 Å². The molecule has 0 aromatic heterocycles. The minimum atomic E-state index is -4.15. The second-order valence-electron chi connectivity index (χ2n) is 3.80. The van der Waals surface area contributed by atoms with Crippen molar-refractivity contribution in [3.63, 3.8) is 0 Å². The number of ether oxygens (including phenoxy) is 1. The molecule has 1 aromatic carbocycles. The topological polar surface area (TPSA) is 29.5 Å². The van der Waals surface area contributed by atoms with Crippen molar-refractivity contribution in [1.82, 2.24) is 0 Å². The summed E-state index contributed by atoms with van der Waals surface area (Å²) in [5.41, 5.74) is 0.605. The SMILES string of the molecule is COc1ccc(C(O)CCCC(F)(F)F)cc1. The fourth-order valence-electron chi connectivity index (χ4n) is 1.49. The van der Waals surface area contributed by atoms with Crippen molar-refractivity contribution in [2.24, 2.45) is 0 Å². The van der Waals surface area contributed by atoms with E-state index in [1.807, 2.05) is 0 Å². The first-order chi connectivity index (χ1) is 7.92. The monoisotopic (exact) mass is 248 g/mol. The summed E-state index contributed by atoms with van der Waals surface area (Å²) in [5, 5.41) is 9.67. The third-order valence-electron chi connectivity index (χ3n) is 2.44. The molecule has 1 aromatic rings. The standard InChI is InChI=1S/C12H15F3O2/c1-17-10-6-4-9(5-7-10)11(16)3-2-8-12(13,14)15/h4-7,11,16H,2-3,8H2,1H3. The second kappa shape index (κ2) is 5.91. The third kappa shape index (κ3) is 5.08. The fourth-order valence-corrected chi connectivity index (χ4v) is 1.49. The smallest absolute Gasteiger partial charge is 0.389 e. The summed E-state index contributed by atoms with van der Waals surface area (Å²) < 4.78 is 40.7. The number of benzene rings is 1. The molecule has 0 fully saturated rings. The lowest BCUT2D eigenvalue weighted by molar-refractivity contribution is -0.136. The minimum absolute atomic E-state index is 0.0727. The zero-order valence-electron chi connectivity index (χ0n) is 9.50. The van der Waals surface area contributed by atoms with Gasteiger partial charge >= 0.3 is 6.18 Å². The lowest BCUT2D eigenvalue weighted by atomic mass is 10.0. The van der Waals surface area contributed by atoms with Crippen LogP contribution in [0.2, 0.25) is 0 Å². The molecule has 0 radical (unpaired) electrons. The molecule has 0 aliphatic carbocycles. The molecule has 0 spiro atoms. The Morgan fingerprint density at radius 2 is 1.82 bits per heavy atom. The quantitative estimate of drug-likeness (QED) is 0.864. The maximum atomic E-state index is 11.9. The van der Waals surface area contributed by atoms with Gasteiger partial charge < -0.3 is 9.84 Å². The molecule has 0 aliphatic rings. The maximum absolute atomic E-state index is 11.9. The maximum Gasteiger partial charge on any atom is 0.389 e. The molecule has 96 valence electrons. The fraction of sp³-hybridized carbons (Fsp3) is 0.500. The number of hydrogen-bond acceptors (Lipinski definition) is 2. The van der Waals surface area contributed by atoms with Crippen molar-refractivity contribution in [1.29, 1.82) is 0 Å². The van der Waals surface area contributed by atoms with E-state index in [1.54, 1.807) is 24.3 Å². The molecule has 0 amide bonds. The first kappa shape index (κ1) is 13.8. The van der Waals surface area contributed by atoms with Crippen molar-refractivity contribution >= 4 is 0 Å². The summed E-state index contributed by atoms with van der Waals surface area (Å²) in [7, 11) is 1.52. The highest BCUT2D eigenvalue weighted by Gasteiger charge is 2.26. The summed E-state index contributed by atoms with van der Waals surface area (Å²) in [4.78, 5) is 0. The predicted molar refractivity (Wildman–Crippen MR) is 57.9 cm³/mol. The van der Waals surface area contributed by atoms with Crippen molar-refractivity contribution < 1.29 is 23.0 Å². The van der Waals surface area contributed by atoms with Crippen molar-refractivity contribution in [2.75, 3.05) is 7.11 Å². The Hall–Kier alpha value is -1.23. The first-order valence-electron chi connectivity index (χ1n) is 5.31. The number of methoxy groups -OCH3 is 1. The van der Waals surface area contributed by atoms with Crippen LogP contribution in [0.25, 0.3) is 0 Å².